The summed E-state index contributed by atoms with van der Waals surface area (Å²) in [6, 6.07) is 6.23. The van der Waals surface area contributed by atoms with E-state index in [1.54, 1.807) is 43.0 Å². The van der Waals surface area contributed by atoms with Gasteiger partial charge in [0.05, 0.1) is 32.0 Å². The second kappa shape index (κ2) is 14.0. The van der Waals surface area contributed by atoms with E-state index in [0.717, 1.165) is 0 Å². The molecule has 1 aliphatic rings. The van der Waals surface area contributed by atoms with Crippen LogP contribution in [0.1, 0.15) is 24.3 Å². The summed E-state index contributed by atoms with van der Waals surface area (Å²) in [6.07, 6.45) is 2.77. The topological polar surface area (TPSA) is 190 Å². The van der Waals surface area contributed by atoms with Crippen LogP contribution in [0.5, 0.6) is 5.75 Å². The lowest BCUT2D eigenvalue weighted by Gasteiger charge is -2.26. The zero-order valence-corrected chi connectivity index (χ0v) is 22.5. The maximum absolute atomic E-state index is 12.6. The van der Waals surface area contributed by atoms with Crippen molar-refractivity contribution in [2.45, 2.75) is 13.8 Å². The lowest BCUT2D eigenvalue weighted by atomic mass is 10.2. The highest BCUT2D eigenvalue weighted by molar-refractivity contribution is 5.99. The predicted octanol–water partition coefficient (Wildman–Crippen LogP) is 1.92. The van der Waals surface area contributed by atoms with Gasteiger partial charge in [0.2, 0.25) is 5.95 Å². The van der Waals surface area contributed by atoms with Gasteiger partial charge in [0.25, 0.3) is 5.91 Å². The molecule has 4 N–H and O–H groups in total. The molecular formula is C26H30N8O7. The maximum atomic E-state index is 12.6. The molecule has 1 saturated heterocycles. The van der Waals surface area contributed by atoms with Gasteiger partial charge in [-0.15, -0.1) is 0 Å². The number of nitrogens with zero attached hydrogens (tertiary/aromatic N) is 5. The summed E-state index contributed by atoms with van der Waals surface area (Å²) < 4.78 is 15.9. The number of hydrogen-bond donors (Lipinski definition) is 4. The second-order valence-corrected chi connectivity index (χ2v) is 8.40. The van der Waals surface area contributed by atoms with Crippen LogP contribution in [0.25, 0.3) is 11.4 Å². The molecule has 1 fully saturated rings. The number of anilines is 4. The number of aliphatic hydroxyl groups excluding tert-OH is 1. The van der Waals surface area contributed by atoms with E-state index in [2.05, 4.69) is 35.9 Å². The third-order valence-corrected chi connectivity index (χ3v) is 5.59. The van der Waals surface area contributed by atoms with Crippen molar-refractivity contribution in [2.75, 3.05) is 67.0 Å². The molecule has 41 heavy (non-hydrogen) atoms. The molecule has 1 aromatic carbocycles. The first-order valence-electron chi connectivity index (χ1n) is 12.9. The van der Waals surface area contributed by atoms with Gasteiger partial charge < -0.3 is 34.9 Å². The molecule has 216 valence electrons. The Morgan fingerprint density at radius 2 is 1.83 bits per heavy atom. The van der Waals surface area contributed by atoms with Crippen LogP contribution >= 0.6 is 0 Å². The van der Waals surface area contributed by atoms with E-state index in [0.29, 0.717) is 30.1 Å². The minimum absolute atomic E-state index is 0.0111. The molecule has 2 aromatic heterocycles. The number of rotatable bonds is 11. The number of amides is 3. The first kappa shape index (κ1) is 29.1. The zero-order chi connectivity index (χ0) is 29.2. The van der Waals surface area contributed by atoms with Crippen molar-refractivity contribution >= 4 is 41.0 Å². The Kier molecular flexibility index (Phi) is 9.90. The van der Waals surface area contributed by atoms with Gasteiger partial charge in [0.1, 0.15) is 6.61 Å². The fraction of sp³-hybridized carbons (Fsp3) is 0.346. The number of aliphatic hydroxyl groups is 1. The van der Waals surface area contributed by atoms with Gasteiger partial charge >= 0.3 is 12.0 Å². The summed E-state index contributed by atoms with van der Waals surface area (Å²) >= 11 is 0. The zero-order valence-electron chi connectivity index (χ0n) is 22.5. The average Bonchev–Trinajstić information content (AvgIpc) is 2.98. The van der Waals surface area contributed by atoms with Crippen LogP contribution in [0, 0.1) is 0 Å². The van der Waals surface area contributed by atoms with Crippen LogP contribution in [-0.4, -0.2) is 89.1 Å². The number of hydrogen-bond acceptors (Lipinski definition) is 12. The molecule has 4 rings (SSSR count). The number of esters is 1. The van der Waals surface area contributed by atoms with Crippen LogP contribution in [0.15, 0.2) is 36.7 Å². The van der Waals surface area contributed by atoms with Crippen molar-refractivity contribution in [2.24, 2.45) is 0 Å². The predicted molar refractivity (Wildman–Crippen MR) is 148 cm³/mol. The number of benzene rings is 1. The van der Waals surface area contributed by atoms with Crippen molar-refractivity contribution in [3.63, 3.8) is 0 Å². The fourth-order valence-corrected chi connectivity index (χ4v) is 3.78. The molecule has 3 aromatic rings. The molecule has 0 spiro atoms. The molecule has 1 aliphatic heterocycles. The average molecular weight is 567 g/mol. The molecule has 15 nitrogen and oxygen atoms in total. The Morgan fingerprint density at radius 3 is 2.49 bits per heavy atom. The van der Waals surface area contributed by atoms with Crippen LogP contribution in [0.2, 0.25) is 0 Å². The Labute approximate surface area is 235 Å². The Morgan fingerprint density at radius 1 is 1.07 bits per heavy atom. The van der Waals surface area contributed by atoms with Crippen molar-refractivity contribution in [3.8, 4) is 17.1 Å². The first-order valence-corrected chi connectivity index (χ1v) is 12.9. The Hall–Kier alpha value is -4.89. The molecule has 3 amide bonds. The molecule has 15 heteroatoms. The number of carbonyl (C=O) groups is 3. The number of urea groups is 1. The SMILES string of the molecule is CCOC(=O)c1nc(-c2cnc(NC(=O)Nc3ccc(N4CCOCC4=O)cc3)nc2)nc(NCCO)c1OCC. The van der Waals surface area contributed by atoms with E-state index in [4.69, 9.17) is 14.2 Å². The number of morpholine rings is 1. The highest BCUT2D eigenvalue weighted by Gasteiger charge is 2.24. The van der Waals surface area contributed by atoms with Gasteiger partial charge in [-0.2, -0.15) is 0 Å². The molecular weight excluding hydrogens is 536 g/mol. The van der Waals surface area contributed by atoms with Crippen molar-refractivity contribution in [3.05, 3.63) is 42.4 Å². The van der Waals surface area contributed by atoms with Gasteiger partial charge in [-0.3, -0.25) is 10.1 Å². The van der Waals surface area contributed by atoms with Crippen LogP contribution < -0.4 is 25.6 Å². The van der Waals surface area contributed by atoms with E-state index in [1.165, 1.54) is 12.4 Å². The smallest absolute Gasteiger partial charge is 0.361 e. The summed E-state index contributed by atoms with van der Waals surface area (Å²) in [5, 5.41) is 17.4. The Balaban J connectivity index is 1.46. The van der Waals surface area contributed by atoms with Gasteiger partial charge in [0.15, 0.2) is 23.1 Å². The van der Waals surface area contributed by atoms with Crippen molar-refractivity contribution in [1.82, 2.24) is 19.9 Å². The maximum Gasteiger partial charge on any atom is 0.361 e. The lowest BCUT2D eigenvalue weighted by molar-refractivity contribution is -0.125. The summed E-state index contributed by atoms with van der Waals surface area (Å²) in [6.45, 7) is 4.74. The summed E-state index contributed by atoms with van der Waals surface area (Å²) in [5.74, 6) is -0.417. The molecule has 0 atom stereocenters. The van der Waals surface area contributed by atoms with E-state index >= 15 is 0 Å². The second-order valence-electron chi connectivity index (χ2n) is 8.40. The van der Waals surface area contributed by atoms with Gasteiger partial charge in [-0.25, -0.2) is 29.5 Å². The first-order chi connectivity index (χ1) is 19.9. The van der Waals surface area contributed by atoms with Crippen molar-refractivity contribution in [1.29, 1.82) is 0 Å². The summed E-state index contributed by atoms with van der Waals surface area (Å²) in [7, 11) is 0. The molecule has 0 saturated carbocycles. The van der Waals surface area contributed by atoms with Crippen LogP contribution in [0.3, 0.4) is 0 Å². The van der Waals surface area contributed by atoms with Crippen LogP contribution in [-0.2, 0) is 14.3 Å². The quantitative estimate of drug-likeness (QED) is 0.247. The van der Waals surface area contributed by atoms with E-state index in [-0.39, 0.29) is 67.9 Å². The summed E-state index contributed by atoms with van der Waals surface area (Å²) in [5.41, 5.74) is 1.47. The van der Waals surface area contributed by atoms with Gasteiger partial charge in [-0.1, -0.05) is 0 Å². The lowest BCUT2D eigenvalue weighted by Crippen LogP contribution is -2.41. The molecule has 0 bridgehead atoms. The number of carbonyl (C=O) groups excluding carboxylic acids is 3. The van der Waals surface area contributed by atoms with Gasteiger partial charge in [0, 0.05) is 36.9 Å². The van der Waals surface area contributed by atoms with Crippen molar-refractivity contribution < 1.29 is 33.7 Å². The highest BCUT2D eigenvalue weighted by atomic mass is 16.5. The van der Waals surface area contributed by atoms with E-state index < -0.39 is 12.0 Å². The molecule has 3 heterocycles. The highest BCUT2D eigenvalue weighted by Crippen LogP contribution is 2.30. The Bertz CT molecular complexity index is 1370. The number of nitrogens with one attached hydrogen (secondary N) is 3. The standard InChI is InChI=1S/C26H30N8O7/c1-3-40-21-20(24(37)41-4-2)31-22(32-23(21)27-9-11-35)16-13-28-25(29-14-16)33-26(38)30-17-5-7-18(8-6-17)34-10-12-39-15-19(34)36/h5-8,13-14,35H,3-4,9-12,15H2,1-2H3,(H,27,31,32)(H2,28,29,30,33,38). The number of ether oxygens (including phenoxy) is 3. The third kappa shape index (κ3) is 7.40. The van der Waals surface area contributed by atoms with Gasteiger partial charge in [-0.05, 0) is 38.1 Å². The van der Waals surface area contributed by atoms with E-state index in [9.17, 15) is 19.5 Å². The minimum Gasteiger partial charge on any atom is -0.488 e. The normalized spacial score (nSPS) is 13.0. The largest absolute Gasteiger partial charge is 0.488 e. The van der Waals surface area contributed by atoms with E-state index in [1.807, 2.05) is 0 Å². The molecule has 0 unspecified atom stereocenters. The molecule has 0 radical (unpaired) electrons. The monoisotopic (exact) mass is 566 g/mol. The number of aromatic nitrogens is 4. The minimum atomic E-state index is -0.702. The summed E-state index contributed by atoms with van der Waals surface area (Å²) in [4.78, 5) is 55.8. The van der Waals surface area contributed by atoms with Crippen LogP contribution in [0.4, 0.5) is 27.9 Å². The third-order valence-electron chi connectivity index (χ3n) is 5.59. The fourth-order valence-electron chi connectivity index (χ4n) is 3.78. The molecule has 0 aliphatic carbocycles.